The van der Waals surface area contributed by atoms with Crippen molar-refractivity contribution in [3.8, 4) is 0 Å². The molecule has 2 heterocycles. The summed E-state index contributed by atoms with van der Waals surface area (Å²) in [7, 11) is 3.41. The van der Waals surface area contributed by atoms with Crippen molar-refractivity contribution in [1.82, 2.24) is 10.2 Å². The van der Waals surface area contributed by atoms with Crippen LogP contribution in [0.4, 0.5) is 14.9 Å². The molecule has 0 bridgehead atoms. The molecular weight excluding hydrogens is 313 g/mol. The van der Waals surface area contributed by atoms with Crippen LogP contribution in [0, 0.1) is 5.82 Å². The lowest BCUT2D eigenvalue weighted by Gasteiger charge is -2.20. The number of ether oxygens (including phenoxy) is 1. The summed E-state index contributed by atoms with van der Waals surface area (Å²) in [5.74, 6) is -0.328. The molecule has 1 N–H and O–H groups in total. The summed E-state index contributed by atoms with van der Waals surface area (Å²) in [6.07, 6.45) is 1.49. The average Bonchev–Trinajstić information content (AvgIpc) is 3.18. The average molecular weight is 335 g/mol. The van der Waals surface area contributed by atoms with Gasteiger partial charge in [-0.2, -0.15) is 0 Å². The lowest BCUT2D eigenvalue weighted by Crippen LogP contribution is -2.42. The zero-order valence-corrected chi connectivity index (χ0v) is 13.9. The van der Waals surface area contributed by atoms with Gasteiger partial charge in [-0.05, 0) is 43.0 Å². The molecule has 0 spiro atoms. The summed E-state index contributed by atoms with van der Waals surface area (Å²) in [5, 5.41) is 2.85. The van der Waals surface area contributed by atoms with Gasteiger partial charge in [-0.3, -0.25) is 9.69 Å². The molecule has 0 aliphatic carbocycles. The number of likely N-dealkylation sites (N-methyl/N-ethyl adjacent to an activating group) is 1. The Morgan fingerprint density at radius 2 is 2.17 bits per heavy atom. The van der Waals surface area contributed by atoms with Gasteiger partial charge in [0.2, 0.25) is 0 Å². The molecule has 2 aliphatic rings. The Morgan fingerprint density at radius 1 is 1.38 bits per heavy atom. The van der Waals surface area contributed by atoms with Crippen LogP contribution in [0.1, 0.15) is 18.4 Å². The monoisotopic (exact) mass is 335 g/mol. The second-order valence-electron chi connectivity index (χ2n) is 6.42. The minimum absolute atomic E-state index is 0.0423. The van der Waals surface area contributed by atoms with Crippen LogP contribution in [-0.4, -0.2) is 56.2 Å². The topological polar surface area (TPSA) is 61.9 Å². The standard InChI is InChI=1S/C17H22FN3O3/c1-20(2)16(22)15-6-4-13(24-15)10-19-17(23)21-8-7-11-9-12(18)3-5-14(11)21/h3,5,9,13,15H,4,6-8,10H2,1-2H3,(H,19,23). The zero-order chi connectivity index (χ0) is 17.3. The second kappa shape index (κ2) is 6.76. The van der Waals surface area contributed by atoms with Crippen molar-refractivity contribution in [1.29, 1.82) is 0 Å². The molecule has 2 atom stereocenters. The number of hydrogen-bond acceptors (Lipinski definition) is 3. The van der Waals surface area contributed by atoms with Gasteiger partial charge in [-0.15, -0.1) is 0 Å². The fraction of sp³-hybridized carbons (Fsp3) is 0.529. The van der Waals surface area contributed by atoms with Crippen LogP contribution in [0.15, 0.2) is 18.2 Å². The zero-order valence-electron chi connectivity index (χ0n) is 13.9. The largest absolute Gasteiger partial charge is 0.363 e. The van der Waals surface area contributed by atoms with Gasteiger partial charge < -0.3 is 15.0 Å². The number of hydrogen-bond donors (Lipinski definition) is 1. The number of amides is 3. The molecule has 3 rings (SSSR count). The van der Waals surface area contributed by atoms with Crippen LogP contribution in [0.5, 0.6) is 0 Å². The van der Waals surface area contributed by atoms with E-state index in [1.54, 1.807) is 25.1 Å². The van der Waals surface area contributed by atoms with Crippen molar-refractivity contribution in [2.75, 3.05) is 32.1 Å². The molecule has 2 unspecified atom stereocenters. The molecule has 1 fully saturated rings. The van der Waals surface area contributed by atoms with Gasteiger partial charge in [0.05, 0.1) is 6.10 Å². The predicted octanol–water partition coefficient (Wildman–Crippen LogP) is 1.53. The Bertz CT molecular complexity index is 650. The number of halogens is 1. The summed E-state index contributed by atoms with van der Waals surface area (Å²) in [4.78, 5) is 27.4. The molecule has 7 heteroatoms. The maximum absolute atomic E-state index is 13.2. The molecule has 3 amide bonds. The molecule has 6 nitrogen and oxygen atoms in total. The fourth-order valence-electron chi connectivity index (χ4n) is 3.20. The highest BCUT2D eigenvalue weighted by molar-refractivity contribution is 5.94. The van der Waals surface area contributed by atoms with Crippen LogP contribution in [0.2, 0.25) is 0 Å². The summed E-state index contributed by atoms with van der Waals surface area (Å²) in [6.45, 7) is 0.904. The first-order valence-corrected chi connectivity index (χ1v) is 8.16. The number of carbonyl (C=O) groups is 2. The predicted molar refractivity (Wildman–Crippen MR) is 87.4 cm³/mol. The van der Waals surface area contributed by atoms with Crippen LogP contribution >= 0.6 is 0 Å². The van der Waals surface area contributed by atoms with Gasteiger partial charge in [-0.25, -0.2) is 9.18 Å². The summed E-state index contributed by atoms with van der Waals surface area (Å²) in [5.41, 5.74) is 1.60. The minimum atomic E-state index is -0.419. The van der Waals surface area contributed by atoms with Crippen molar-refractivity contribution in [2.45, 2.75) is 31.5 Å². The fourth-order valence-corrected chi connectivity index (χ4v) is 3.20. The van der Waals surface area contributed by atoms with Crippen molar-refractivity contribution in [3.05, 3.63) is 29.6 Å². The quantitative estimate of drug-likeness (QED) is 0.911. The highest BCUT2D eigenvalue weighted by atomic mass is 19.1. The van der Waals surface area contributed by atoms with Gasteiger partial charge in [0.25, 0.3) is 5.91 Å². The van der Waals surface area contributed by atoms with E-state index in [4.69, 9.17) is 4.74 Å². The Labute approximate surface area is 140 Å². The van der Waals surface area contributed by atoms with Gasteiger partial charge in [0, 0.05) is 32.9 Å². The van der Waals surface area contributed by atoms with Crippen molar-refractivity contribution < 1.29 is 18.7 Å². The lowest BCUT2D eigenvalue weighted by atomic mass is 10.2. The van der Waals surface area contributed by atoms with E-state index >= 15 is 0 Å². The molecule has 0 radical (unpaired) electrons. The maximum Gasteiger partial charge on any atom is 0.321 e. The number of nitrogens with zero attached hydrogens (tertiary/aromatic N) is 2. The third-order valence-corrected chi connectivity index (χ3v) is 4.49. The summed E-state index contributed by atoms with van der Waals surface area (Å²) in [6, 6.07) is 4.25. The third-order valence-electron chi connectivity index (χ3n) is 4.49. The minimum Gasteiger partial charge on any atom is -0.363 e. The van der Waals surface area contributed by atoms with Crippen LogP contribution in [-0.2, 0) is 16.0 Å². The van der Waals surface area contributed by atoms with Gasteiger partial charge in [-0.1, -0.05) is 0 Å². The van der Waals surface area contributed by atoms with Crippen LogP contribution in [0.25, 0.3) is 0 Å². The van der Waals surface area contributed by atoms with E-state index in [-0.39, 0.29) is 23.9 Å². The van der Waals surface area contributed by atoms with E-state index in [0.717, 1.165) is 17.7 Å². The Hall–Kier alpha value is -2.15. The molecule has 130 valence electrons. The van der Waals surface area contributed by atoms with Crippen LogP contribution in [0.3, 0.4) is 0 Å². The molecule has 1 aromatic rings. The summed E-state index contributed by atoms with van der Waals surface area (Å²) < 4.78 is 18.9. The van der Waals surface area contributed by atoms with E-state index in [0.29, 0.717) is 25.9 Å². The van der Waals surface area contributed by atoms with E-state index in [1.165, 1.54) is 17.0 Å². The number of urea groups is 1. The molecule has 0 aromatic heterocycles. The number of fused-ring (bicyclic) bond motifs is 1. The van der Waals surface area contributed by atoms with Crippen LogP contribution < -0.4 is 10.2 Å². The van der Waals surface area contributed by atoms with E-state index in [9.17, 15) is 14.0 Å². The second-order valence-corrected chi connectivity index (χ2v) is 6.42. The van der Waals surface area contributed by atoms with E-state index in [1.807, 2.05) is 0 Å². The molecule has 1 aromatic carbocycles. The first kappa shape index (κ1) is 16.7. The molecule has 2 aliphatic heterocycles. The van der Waals surface area contributed by atoms with Gasteiger partial charge in [0.1, 0.15) is 11.9 Å². The first-order valence-electron chi connectivity index (χ1n) is 8.16. The highest BCUT2D eigenvalue weighted by Crippen LogP contribution is 2.28. The third kappa shape index (κ3) is 3.36. The SMILES string of the molecule is CN(C)C(=O)C1CCC(CNC(=O)N2CCc3cc(F)ccc32)O1. The highest BCUT2D eigenvalue weighted by Gasteiger charge is 2.32. The molecule has 1 saturated heterocycles. The number of nitrogens with one attached hydrogen (secondary N) is 1. The number of carbonyl (C=O) groups excluding carboxylic acids is 2. The van der Waals surface area contributed by atoms with Crippen molar-refractivity contribution >= 4 is 17.6 Å². The first-order chi connectivity index (χ1) is 11.5. The molecule has 24 heavy (non-hydrogen) atoms. The maximum atomic E-state index is 13.2. The van der Waals surface area contributed by atoms with Gasteiger partial charge in [0.15, 0.2) is 0 Å². The molecule has 0 saturated carbocycles. The Morgan fingerprint density at radius 3 is 2.92 bits per heavy atom. The lowest BCUT2D eigenvalue weighted by molar-refractivity contribution is -0.140. The summed E-state index contributed by atoms with van der Waals surface area (Å²) >= 11 is 0. The number of benzene rings is 1. The van der Waals surface area contributed by atoms with E-state index < -0.39 is 6.10 Å². The smallest absolute Gasteiger partial charge is 0.321 e. The van der Waals surface area contributed by atoms with Crippen molar-refractivity contribution in [2.24, 2.45) is 0 Å². The Balaban J connectivity index is 1.52. The number of rotatable bonds is 3. The normalized spacial score (nSPS) is 22.4. The van der Waals surface area contributed by atoms with Gasteiger partial charge >= 0.3 is 6.03 Å². The van der Waals surface area contributed by atoms with E-state index in [2.05, 4.69) is 5.32 Å². The Kier molecular flexibility index (Phi) is 4.71. The molecular formula is C17H22FN3O3. The number of anilines is 1. The van der Waals surface area contributed by atoms with Crippen molar-refractivity contribution in [3.63, 3.8) is 0 Å².